The average Bonchev–Trinajstić information content (AvgIpc) is 2.37. The molecular formula is C7H13NO2S. The normalized spacial score (nSPS) is 24.3. The van der Waals surface area contributed by atoms with Gasteiger partial charge in [-0.05, 0) is 12.8 Å². The van der Waals surface area contributed by atoms with Crippen LogP contribution in [0.1, 0.15) is 12.8 Å². The van der Waals surface area contributed by atoms with E-state index >= 15 is 0 Å². The van der Waals surface area contributed by atoms with Crippen molar-refractivity contribution in [2.24, 2.45) is 5.73 Å². The number of rotatable bonds is 3. The second-order valence-electron chi connectivity index (χ2n) is 2.70. The minimum absolute atomic E-state index is 0.113. The summed E-state index contributed by atoms with van der Waals surface area (Å²) in [5.74, 6) is 0.113. The van der Waals surface area contributed by atoms with E-state index in [1.807, 2.05) is 6.08 Å². The maximum atomic E-state index is 11.3. The summed E-state index contributed by atoms with van der Waals surface area (Å²) in [7, 11) is -2.92. The molecule has 1 aliphatic carbocycles. The molecular weight excluding hydrogens is 162 g/mol. The maximum Gasteiger partial charge on any atom is 0.157 e. The van der Waals surface area contributed by atoms with E-state index in [4.69, 9.17) is 5.73 Å². The van der Waals surface area contributed by atoms with E-state index in [1.165, 1.54) is 0 Å². The van der Waals surface area contributed by atoms with E-state index in [9.17, 15) is 8.42 Å². The van der Waals surface area contributed by atoms with E-state index in [2.05, 4.69) is 0 Å². The summed E-state index contributed by atoms with van der Waals surface area (Å²) >= 11 is 0. The summed E-state index contributed by atoms with van der Waals surface area (Å²) in [6.45, 7) is 0.229. The molecule has 0 aromatic rings. The fraction of sp³-hybridized carbons (Fsp3) is 0.714. The highest BCUT2D eigenvalue weighted by Crippen LogP contribution is 2.17. The van der Waals surface area contributed by atoms with Gasteiger partial charge in [-0.3, -0.25) is 0 Å². The Kier molecular flexibility index (Phi) is 2.67. The molecule has 0 bridgehead atoms. The molecule has 0 aromatic carbocycles. The zero-order chi connectivity index (χ0) is 8.32. The predicted molar refractivity (Wildman–Crippen MR) is 45.0 cm³/mol. The second-order valence-corrected chi connectivity index (χ2v) is 5.04. The summed E-state index contributed by atoms with van der Waals surface area (Å²) in [4.78, 5) is 0. The van der Waals surface area contributed by atoms with Crippen molar-refractivity contribution < 1.29 is 8.42 Å². The lowest BCUT2D eigenvalue weighted by atomic mass is 10.4. The Hall–Kier alpha value is -0.350. The highest BCUT2D eigenvalue weighted by Gasteiger charge is 2.23. The van der Waals surface area contributed by atoms with Gasteiger partial charge in [0.2, 0.25) is 0 Å². The van der Waals surface area contributed by atoms with Gasteiger partial charge in [-0.15, -0.1) is 0 Å². The molecule has 0 radical (unpaired) electrons. The number of hydrogen-bond donors (Lipinski definition) is 1. The Morgan fingerprint density at radius 3 is 2.73 bits per heavy atom. The molecule has 11 heavy (non-hydrogen) atoms. The summed E-state index contributed by atoms with van der Waals surface area (Å²) in [5, 5.41) is -0.258. The SMILES string of the molecule is NCCS(=O)(=O)C1C=CCC1. The van der Waals surface area contributed by atoms with Gasteiger partial charge in [0.15, 0.2) is 9.84 Å². The average molecular weight is 175 g/mol. The Bertz CT molecular complexity index is 243. The molecule has 0 saturated heterocycles. The minimum Gasteiger partial charge on any atom is -0.329 e. The van der Waals surface area contributed by atoms with E-state index in [-0.39, 0.29) is 17.5 Å². The largest absolute Gasteiger partial charge is 0.329 e. The fourth-order valence-corrected chi connectivity index (χ4v) is 2.70. The van der Waals surface area contributed by atoms with Crippen molar-refractivity contribution in [2.45, 2.75) is 18.1 Å². The first-order valence-corrected chi connectivity index (χ1v) is 5.46. The van der Waals surface area contributed by atoms with Gasteiger partial charge in [-0.25, -0.2) is 8.42 Å². The molecule has 0 amide bonds. The fourth-order valence-electron chi connectivity index (χ4n) is 1.22. The van der Waals surface area contributed by atoms with Crippen LogP contribution in [-0.2, 0) is 9.84 Å². The van der Waals surface area contributed by atoms with Crippen molar-refractivity contribution in [2.75, 3.05) is 12.3 Å². The molecule has 2 N–H and O–H groups in total. The monoisotopic (exact) mass is 175 g/mol. The molecule has 1 unspecified atom stereocenters. The van der Waals surface area contributed by atoms with Crippen LogP contribution in [0.3, 0.4) is 0 Å². The van der Waals surface area contributed by atoms with Crippen LogP contribution in [0.2, 0.25) is 0 Å². The molecule has 0 aliphatic heterocycles. The lowest BCUT2D eigenvalue weighted by molar-refractivity contribution is 0.586. The second kappa shape index (κ2) is 3.36. The lowest BCUT2D eigenvalue weighted by Gasteiger charge is -2.07. The standard InChI is InChI=1S/C7H13NO2S/c8-5-6-11(9,10)7-3-1-2-4-7/h1,3,7H,2,4-6,8H2. The van der Waals surface area contributed by atoms with Crippen LogP contribution in [0.25, 0.3) is 0 Å². The van der Waals surface area contributed by atoms with Gasteiger partial charge >= 0.3 is 0 Å². The first-order valence-electron chi connectivity index (χ1n) is 3.75. The minimum atomic E-state index is -2.92. The van der Waals surface area contributed by atoms with Crippen LogP contribution in [0, 0.1) is 0 Å². The first-order chi connectivity index (χ1) is 5.17. The molecule has 0 aromatic heterocycles. The predicted octanol–water partition coefficient (Wildman–Crippen LogP) is 0.0785. The molecule has 4 heteroatoms. The third-order valence-corrected chi connectivity index (χ3v) is 3.95. The summed E-state index contributed by atoms with van der Waals surface area (Å²) in [5.41, 5.74) is 5.18. The van der Waals surface area contributed by atoms with E-state index in [1.54, 1.807) is 6.08 Å². The number of sulfone groups is 1. The number of nitrogens with two attached hydrogens (primary N) is 1. The van der Waals surface area contributed by atoms with Gasteiger partial charge in [-0.1, -0.05) is 12.2 Å². The van der Waals surface area contributed by atoms with E-state index in [0.717, 1.165) is 12.8 Å². The van der Waals surface area contributed by atoms with Gasteiger partial charge in [0.1, 0.15) is 0 Å². The van der Waals surface area contributed by atoms with Crippen molar-refractivity contribution in [1.29, 1.82) is 0 Å². The van der Waals surface area contributed by atoms with Gasteiger partial charge in [0.05, 0.1) is 11.0 Å². The zero-order valence-corrected chi connectivity index (χ0v) is 7.18. The van der Waals surface area contributed by atoms with Crippen LogP contribution in [-0.4, -0.2) is 26.0 Å². The molecule has 0 saturated carbocycles. The van der Waals surface area contributed by atoms with Crippen LogP contribution in [0.5, 0.6) is 0 Å². The van der Waals surface area contributed by atoms with Crippen LogP contribution < -0.4 is 5.73 Å². The third-order valence-electron chi connectivity index (χ3n) is 1.83. The quantitative estimate of drug-likeness (QED) is 0.618. The van der Waals surface area contributed by atoms with Crippen LogP contribution >= 0.6 is 0 Å². The highest BCUT2D eigenvalue weighted by molar-refractivity contribution is 7.92. The molecule has 1 rings (SSSR count). The van der Waals surface area contributed by atoms with Crippen molar-refractivity contribution in [1.82, 2.24) is 0 Å². The van der Waals surface area contributed by atoms with Crippen molar-refractivity contribution in [3.63, 3.8) is 0 Å². The van der Waals surface area contributed by atoms with E-state index in [0.29, 0.717) is 0 Å². The molecule has 1 aliphatic rings. The number of hydrogen-bond acceptors (Lipinski definition) is 3. The Morgan fingerprint density at radius 1 is 1.55 bits per heavy atom. The van der Waals surface area contributed by atoms with Gasteiger partial charge < -0.3 is 5.73 Å². The molecule has 0 spiro atoms. The zero-order valence-electron chi connectivity index (χ0n) is 6.36. The molecule has 3 nitrogen and oxygen atoms in total. The van der Waals surface area contributed by atoms with Crippen LogP contribution in [0.4, 0.5) is 0 Å². The Morgan fingerprint density at radius 2 is 2.27 bits per heavy atom. The van der Waals surface area contributed by atoms with Crippen molar-refractivity contribution in [3.8, 4) is 0 Å². The summed E-state index contributed by atoms with van der Waals surface area (Å²) in [6.07, 6.45) is 5.31. The lowest BCUT2D eigenvalue weighted by Crippen LogP contribution is -2.24. The first kappa shape index (κ1) is 8.74. The maximum absolute atomic E-state index is 11.3. The van der Waals surface area contributed by atoms with Crippen LogP contribution in [0.15, 0.2) is 12.2 Å². The van der Waals surface area contributed by atoms with Crippen molar-refractivity contribution >= 4 is 9.84 Å². The van der Waals surface area contributed by atoms with Gasteiger partial charge in [-0.2, -0.15) is 0 Å². The molecule has 1 atom stereocenters. The molecule has 0 heterocycles. The van der Waals surface area contributed by atoms with Gasteiger partial charge in [0.25, 0.3) is 0 Å². The van der Waals surface area contributed by atoms with E-state index < -0.39 is 9.84 Å². The Labute approximate surface area is 67.2 Å². The topological polar surface area (TPSA) is 60.2 Å². The van der Waals surface area contributed by atoms with Crippen molar-refractivity contribution in [3.05, 3.63) is 12.2 Å². The third kappa shape index (κ3) is 2.04. The summed E-state index contributed by atoms with van der Waals surface area (Å²) < 4.78 is 22.6. The molecule has 64 valence electrons. The highest BCUT2D eigenvalue weighted by atomic mass is 32.2. The number of allylic oxidation sites excluding steroid dienone is 1. The summed E-state index contributed by atoms with van der Waals surface area (Å²) in [6, 6.07) is 0. The smallest absolute Gasteiger partial charge is 0.157 e. The Balaban J connectivity index is 2.64. The van der Waals surface area contributed by atoms with Gasteiger partial charge in [0, 0.05) is 6.54 Å². The molecule has 0 fully saturated rings.